The molecule has 0 aliphatic carbocycles. The molecule has 4 N–H and O–H groups in total. The summed E-state index contributed by atoms with van der Waals surface area (Å²) in [5.41, 5.74) is 6.47. The molecule has 3 amide bonds. The predicted octanol–water partition coefficient (Wildman–Crippen LogP) is 0.903. The van der Waals surface area contributed by atoms with Gasteiger partial charge in [-0.15, -0.1) is 0 Å². The summed E-state index contributed by atoms with van der Waals surface area (Å²) in [5, 5.41) is 15.7. The van der Waals surface area contributed by atoms with E-state index in [0.717, 1.165) is 16.1 Å². The molecule has 3 aromatic rings. The number of hydrogen-bond acceptors (Lipinski definition) is 8. The van der Waals surface area contributed by atoms with Crippen LogP contribution in [0.4, 0.5) is 23.8 Å². The van der Waals surface area contributed by atoms with Crippen molar-refractivity contribution in [2.75, 3.05) is 39.0 Å². The van der Waals surface area contributed by atoms with E-state index < -0.39 is 49.1 Å². The van der Waals surface area contributed by atoms with Crippen LogP contribution in [0, 0.1) is 0 Å². The summed E-state index contributed by atoms with van der Waals surface area (Å²) in [5.74, 6) is -4.61. The molecule has 2 saturated heterocycles. The molecule has 5 heterocycles. The third-order valence-electron chi connectivity index (χ3n) is 6.37. The summed E-state index contributed by atoms with van der Waals surface area (Å²) in [6, 6.07) is 1.65. The van der Waals surface area contributed by atoms with Gasteiger partial charge >= 0.3 is 6.09 Å². The lowest BCUT2D eigenvalue weighted by atomic mass is 10.1. The number of methoxy groups -OCH3 is 1. The number of hydrogen-bond donors (Lipinski definition) is 3. The van der Waals surface area contributed by atoms with Crippen LogP contribution < -0.4 is 15.8 Å². The Morgan fingerprint density at radius 3 is 2.53 bits per heavy atom. The predicted molar refractivity (Wildman–Crippen MR) is 124 cm³/mol. The number of pyridine rings is 1. The van der Waals surface area contributed by atoms with Crippen LogP contribution in [0.2, 0.25) is 0 Å². The molecular weight excluding hydrogens is 513 g/mol. The molecule has 0 radical (unpaired) electrons. The molecule has 3 aromatic heterocycles. The van der Waals surface area contributed by atoms with Gasteiger partial charge in [0, 0.05) is 18.3 Å². The van der Waals surface area contributed by atoms with Crippen LogP contribution in [-0.4, -0.2) is 104 Å². The Kier molecular flexibility index (Phi) is 5.95. The lowest BCUT2D eigenvalue weighted by Gasteiger charge is -2.38. The molecule has 2 aliphatic heterocycles. The standard InChI is InChI=1S/C22H21F3N8O5/c1-38-19-12(18(34)30-14-6-31(21(36)37)5-13(14)23)2-10(4-27-19)15-3-11(16-17(26)28-9-29-33(15)16)20(35)32-7-22(24,25)8-32/h2-4,9,13-14H,5-8H2,1H3,(H,30,34)(H,36,37)(H2,26,28,29)/t13-,14+/m0/s1. The fourth-order valence-electron chi connectivity index (χ4n) is 4.48. The second kappa shape index (κ2) is 9.04. The first-order chi connectivity index (χ1) is 18.0. The lowest BCUT2D eigenvalue weighted by molar-refractivity contribution is -0.113. The Labute approximate surface area is 212 Å². The van der Waals surface area contributed by atoms with E-state index in [2.05, 4.69) is 20.4 Å². The van der Waals surface area contributed by atoms with Crippen LogP contribution >= 0.6 is 0 Å². The van der Waals surface area contributed by atoms with E-state index >= 15 is 0 Å². The monoisotopic (exact) mass is 534 g/mol. The van der Waals surface area contributed by atoms with Crippen LogP contribution in [0.25, 0.3) is 16.8 Å². The normalized spacial score (nSPS) is 20.3. The molecule has 0 bridgehead atoms. The number of nitrogens with zero attached hydrogens (tertiary/aromatic N) is 6. The van der Waals surface area contributed by atoms with Crippen LogP contribution in [0.1, 0.15) is 20.7 Å². The van der Waals surface area contributed by atoms with Crippen molar-refractivity contribution < 1.29 is 37.4 Å². The van der Waals surface area contributed by atoms with E-state index in [1.54, 1.807) is 0 Å². The van der Waals surface area contributed by atoms with Gasteiger partial charge in [0.2, 0.25) is 5.88 Å². The minimum Gasteiger partial charge on any atom is -0.480 e. The maximum atomic E-state index is 14.4. The van der Waals surface area contributed by atoms with Crippen molar-refractivity contribution in [3.05, 3.63) is 35.8 Å². The van der Waals surface area contributed by atoms with Gasteiger partial charge < -0.3 is 30.7 Å². The minimum absolute atomic E-state index is 0.0181. The summed E-state index contributed by atoms with van der Waals surface area (Å²) in [4.78, 5) is 47.1. The average Bonchev–Trinajstić information content (AvgIpc) is 3.43. The van der Waals surface area contributed by atoms with E-state index in [9.17, 15) is 27.6 Å². The highest BCUT2D eigenvalue weighted by Gasteiger charge is 2.47. The van der Waals surface area contributed by atoms with Crippen molar-refractivity contribution in [3.63, 3.8) is 0 Å². The van der Waals surface area contributed by atoms with Gasteiger partial charge in [0.1, 0.15) is 23.6 Å². The highest BCUT2D eigenvalue weighted by Crippen LogP contribution is 2.34. The van der Waals surface area contributed by atoms with Gasteiger partial charge in [-0.05, 0) is 12.1 Å². The summed E-state index contributed by atoms with van der Waals surface area (Å²) < 4.78 is 47.6. The molecule has 13 nitrogen and oxygen atoms in total. The molecular formula is C22H21F3N8O5. The highest BCUT2D eigenvalue weighted by atomic mass is 19.3. The van der Waals surface area contributed by atoms with Gasteiger partial charge in [0.05, 0.1) is 44.0 Å². The van der Waals surface area contributed by atoms with Gasteiger partial charge in [0.15, 0.2) is 5.82 Å². The second-order valence-corrected chi connectivity index (χ2v) is 8.93. The number of rotatable bonds is 5. The number of nitrogens with one attached hydrogen (secondary N) is 1. The zero-order valence-corrected chi connectivity index (χ0v) is 19.8. The number of carbonyl (C=O) groups is 3. The van der Waals surface area contributed by atoms with Crippen LogP contribution in [-0.2, 0) is 0 Å². The Morgan fingerprint density at radius 2 is 1.89 bits per heavy atom. The summed E-state index contributed by atoms with van der Waals surface area (Å²) in [7, 11) is 1.28. The van der Waals surface area contributed by atoms with Crippen molar-refractivity contribution in [3.8, 4) is 17.1 Å². The van der Waals surface area contributed by atoms with Crippen LogP contribution in [0.3, 0.4) is 0 Å². The first-order valence-corrected chi connectivity index (χ1v) is 11.3. The van der Waals surface area contributed by atoms with E-state index in [0.29, 0.717) is 0 Å². The fraction of sp³-hybridized carbons (Fsp3) is 0.364. The summed E-state index contributed by atoms with van der Waals surface area (Å²) in [6.07, 6.45) is -0.451. The topological polar surface area (TPSA) is 168 Å². The summed E-state index contributed by atoms with van der Waals surface area (Å²) in [6.45, 7) is -2.10. The number of amides is 3. The molecule has 0 saturated carbocycles. The van der Waals surface area contributed by atoms with Crippen molar-refractivity contribution in [2.45, 2.75) is 18.1 Å². The zero-order valence-electron chi connectivity index (χ0n) is 19.8. The first-order valence-electron chi connectivity index (χ1n) is 11.3. The van der Waals surface area contributed by atoms with Crippen LogP contribution in [0.15, 0.2) is 24.7 Å². The SMILES string of the molecule is COc1ncc(-c2cc(C(=O)N3CC(F)(F)C3)c3c(N)ncnn23)cc1C(=O)N[C@@H]1CN(C(=O)O)C[C@@H]1F. The Balaban J connectivity index is 1.51. The molecule has 200 valence electrons. The van der Waals surface area contributed by atoms with E-state index in [4.69, 9.17) is 15.6 Å². The second-order valence-electron chi connectivity index (χ2n) is 8.93. The largest absolute Gasteiger partial charge is 0.480 e. The van der Waals surface area contributed by atoms with Gasteiger partial charge in [-0.25, -0.2) is 32.4 Å². The number of aromatic nitrogens is 4. The maximum absolute atomic E-state index is 14.4. The Bertz CT molecular complexity index is 1460. The smallest absolute Gasteiger partial charge is 0.407 e. The van der Waals surface area contributed by atoms with Gasteiger partial charge in [-0.2, -0.15) is 5.10 Å². The van der Waals surface area contributed by atoms with E-state index in [1.165, 1.54) is 30.0 Å². The van der Waals surface area contributed by atoms with E-state index in [1.807, 2.05) is 0 Å². The number of likely N-dealkylation sites (tertiary alicyclic amines) is 2. The van der Waals surface area contributed by atoms with Crippen LogP contribution in [0.5, 0.6) is 5.88 Å². The molecule has 0 spiro atoms. The number of carboxylic acid groups (broad SMARTS) is 1. The number of fused-ring (bicyclic) bond motifs is 1. The number of carbonyl (C=O) groups excluding carboxylic acids is 2. The zero-order chi connectivity index (χ0) is 27.4. The molecule has 0 aromatic carbocycles. The maximum Gasteiger partial charge on any atom is 0.407 e. The number of nitrogen functional groups attached to an aromatic ring is 1. The molecule has 5 rings (SSSR count). The van der Waals surface area contributed by atoms with Crippen molar-refractivity contribution in [1.29, 1.82) is 0 Å². The van der Waals surface area contributed by atoms with E-state index in [-0.39, 0.29) is 52.7 Å². The Morgan fingerprint density at radius 1 is 1.16 bits per heavy atom. The number of nitrogens with two attached hydrogens (primary N) is 1. The fourth-order valence-corrected chi connectivity index (χ4v) is 4.48. The number of alkyl halides is 3. The highest BCUT2D eigenvalue weighted by molar-refractivity contribution is 6.05. The van der Waals surface area contributed by atoms with Gasteiger partial charge in [-0.3, -0.25) is 9.59 Å². The molecule has 16 heteroatoms. The quantitative estimate of drug-likeness (QED) is 0.431. The van der Waals surface area contributed by atoms with Gasteiger partial charge in [0.25, 0.3) is 17.7 Å². The number of ether oxygens (including phenoxy) is 1. The summed E-state index contributed by atoms with van der Waals surface area (Å²) >= 11 is 0. The number of anilines is 1. The minimum atomic E-state index is -2.97. The van der Waals surface area contributed by atoms with Crippen molar-refractivity contribution in [2.24, 2.45) is 0 Å². The average molecular weight is 534 g/mol. The van der Waals surface area contributed by atoms with Crippen molar-refractivity contribution >= 4 is 29.2 Å². The molecule has 2 fully saturated rings. The number of halogens is 3. The molecule has 0 unspecified atom stereocenters. The molecule has 2 atom stereocenters. The van der Waals surface area contributed by atoms with Crippen molar-refractivity contribution in [1.82, 2.24) is 34.7 Å². The molecule has 38 heavy (non-hydrogen) atoms. The third kappa shape index (κ3) is 4.26. The van der Waals surface area contributed by atoms with Gasteiger partial charge in [-0.1, -0.05) is 0 Å². The third-order valence-corrected chi connectivity index (χ3v) is 6.37. The lowest BCUT2D eigenvalue weighted by Crippen LogP contribution is -2.58. The molecule has 2 aliphatic rings. The Hall–Kier alpha value is -4.63. The first kappa shape index (κ1) is 25.0.